The van der Waals surface area contributed by atoms with E-state index < -0.39 is 17.3 Å². The standard InChI is InChI=1S/C33H42N2O6/c1-20-17-26-25(19-24(20)22-13-15-34(16-14-22)30(36)40-32(3,4)5)21(2)29(35(26)31(37)41-33(6,7)8)23-11-12-27(38-9)28(18-23)39-10/h11-13,17-19H,14-16H2,1-10H3. The topological polar surface area (TPSA) is 79.2 Å². The van der Waals surface area contributed by atoms with Gasteiger partial charge >= 0.3 is 12.2 Å². The van der Waals surface area contributed by atoms with Crippen LogP contribution in [0.1, 0.15) is 64.7 Å². The third kappa shape index (κ3) is 6.37. The summed E-state index contributed by atoms with van der Waals surface area (Å²) in [5.41, 5.74) is 5.37. The van der Waals surface area contributed by atoms with Crippen LogP contribution in [-0.4, -0.2) is 60.2 Å². The third-order valence-electron chi connectivity index (χ3n) is 7.01. The van der Waals surface area contributed by atoms with E-state index in [1.807, 2.05) is 79.7 Å². The molecular formula is C33H42N2O6. The first-order valence-electron chi connectivity index (χ1n) is 13.9. The average Bonchev–Trinajstić information content (AvgIpc) is 3.17. The van der Waals surface area contributed by atoms with E-state index in [0.29, 0.717) is 31.0 Å². The minimum Gasteiger partial charge on any atom is -0.493 e. The number of hydrogen-bond donors (Lipinski definition) is 0. The molecule has 2 aromatic carbocycles. The van der Waals surface area contributed by atoms with Crippen LogP contribution in [0.15, 0.2) is 36.4 Å². The summed E-state index contributed by atoms with van der Waals surface area (Å²) in [5.74, 6) is 1.18. The number of nitrogens with zero attached hydrogens (tertiary/aromatic N) is 2. The van der Waals surface area contributed by atoms with E-state index in [-0.39, 0.29) is 6.09 Å². The van der Waals surface area contributed by atoms with Crippen molar-refractivity contribution in [2.45, 2.75) is 73.0 Å². The lowest BCUT2D eigenvalue weighted by molar-refractivity contribution is 0.0270. The number of hydrogen-bond acceptors (Lipinski definition) is 6. The number of benzene rings is 2. The Morgan fingerprint density at radius 3 is 2.02 bits per heavy atom. The number of aryl methyl sites for hydroxylation is 2. The molecule has 0 unspecified atom stereocenters. The zero-order chi connectivity index (χ0) is 30.3. The fourth-order valence-corrected chi connectivity index (χ4v) is 5.17. The largest absolute Gasteiger partial charge is 0.493 e. The van der Waals surface area contributed by atoms with Crippen LogP contribution in [-0.2, 0) is 9.47 Å². The molecule has 8 heteroatoms. The minimum absolute atomic E-state index is 0.301. The SMILES string of the molecule is COc1ccc(-c2c(C)c3cc(C4=CCN(C(=O)OC(C)(C)C)CC4)c(C)cc3n2C(=O)OC(C)(C)C)cc1OC. The lowest BCUT2D eigenvalue weighted by Crippen LogP contribution is -2.39. The van der Waals surface area contributed by atoms with Gasteiger partial charge in [-0.15, -0.1) is 0 Å². The molecule has 41 heavy (non-hydrogen) atoms. The highest BCUT2D eigenvalue weighted by Crippen LogP contribution is 2.40. The van der Waals surface area contributed by atoms with Gasteiger partial charge in [0.05, 0.1) is 25.4 Å². The van der Waals surface area contributed by atoms with Crippen molar-refractivity contribution in [2.75, 3.05) is 27.3 Å². The summed E-state index contributed by atoms with van der Waals surface area (Å²) < 4.78 is 24.1. The van der Waals surface area contributed by atoms with Crippen molar-refractivity contribution >= 4 is 28.7 Å². The van der Waals surface area contributed by atoms with Crippen LogP contribution in [0.3, 0.4) is 0 Å². The van der Waals surface area contributed by atoms with Gasteiger partial charge in [-0.1, -0.05) is 6.08 Å². The second kappa shape index (κ2) is 11.1. The number of ether oxygens (including phenoxy) is 4. The summed E-state index contributed by atoms with van der Waals surface area (Å²) in [6.45, 7) is 16.3. The van der Waals surface area contributed by atoms with E-state index in [1.54, 1.807) is 23.7 Å². The Bertz CT molecular complexity index is 1520. The first kappa shape index (κ1) is 30.0. The summed E-state index contributed by atoms with van der Waals surface area (Å²) in [4.78, 5) is 28.0. The lowest BCUT2D eigenvalue weighted by atomic mass is 9.93. The van der Waals surface area contributed by atoms with E-state index in [1.165, 1.54) is 5.57 Å². The Labute approximate surface area is 242 Å². The van der Waals surface area contributed by atoms with Gasteiger partial charge in [-0.3, -0.25) is 0 Å². The van der Waals surface area contributed by atoms with Crippen molar-refractivity contribution in [3.63, 3.8) is 0 Å². The van der Waals surface area contributed by atoms with Crippen molar-refractivity contribution < 1.29 is 28.5 Å². The fraction of sp³-hybridized carbons (Fsp3) is 0.455. The van der Waals surface area contributed by atoms with Crippen molar-refractivity contribution in [3.8, 4) is 22.8 Å². The van der Waals surface area contributed by atoms with Gasteiger partial charge in [-0.05, 0) is 114 Å². The van der Waals surface area contributed by atoms with Gasteiger partial charge in [0.2, 0.25) is 0 Å². The molecule has 0 aliphatic carbocycles. The summed E-state index contributed by atoms with van der Waals surface area (Å²) in [5, 5.41) is 0.955. The van der Waals surface area contributed by atoms with Gasteiger partial charge in [-0.25, -0.2) is 14.2 Å². The smallest absolute Gasteiger partial charge is 0.419 e. The number of rotatable bonds is 4. The van der Waals surface area contributed by atoms with E-state index in [9.17, 15) is 9.59 Å². The van der Waals surface area contributed by atoms with Crippen molar-refractivity contribution in [2.24, 2.45) is 0 Å². The number of fused-ring (bicyclic) bond motifs is 1. The summed E-state index contributed by atoms with van der Waals surface area (Å²) >= 11 is 0. The third-order valence-corrected chi connectivity index (χ3v) is 7.01. The Morgan fingerprint density at radius 2 is 1.46 bits per heavy atom. The van der Waals surface area contributed by atoms with Crippen LogP contribution in [0.2, 0.25) is 0 Å². The number of amides is 1. The van der Waals surface area contributed by atoms with Crippen molar-refractivity contribution in [3.05, 3.63) is 53.1 Å². The molecule has 3 aromatic rings. The van der Waals surface area contributed by atoms with E-state index in [2.05, 4.69) is 12.1 Å². The van der Waals surface area contributed by atoms with Crippen LogP contribution in [0.25, 0.3) is 27.7 Å². The van der Waals surface area contributed by atoms with Gasteiger partial charge in [-0.2, -0.15) is 0 Å². The summed E-state index contributed by atoms with van der Waals surface area (Å²) in [6.07, 6.45) is 2.05. The molecule has 0 fully saturated rings. The molecule has 0 radical (unpaired) electrons. The molecule has 0 atom stereocenters. The Morgan fingerprint density at radius 1 is 0.829 bits per heavy atom. The van der Waals surface area contributed by atoms with Crippen LogP contribution in [0.4, 0.5) is 9.59 Å². The fourth-order valence-electron chi connectivity index (χ4n) is 5.17. The normalized spacial score (nSPS) is 14.1. The molecule has 1 aromatic heterocycles. The highest BCUT2D eigenvalue weighted by Gasteiger charge is 2.28. The second-order valence-electron chi connectivity index (χ2n) is 12.4. The zero-order valence-corrected chi connectivity index (χ0v) is 25.9. The Kier molecular flexibility index (Phi) is 8.16. The molecule has 0 saturated carbocycles. The molecule has 4 rings (SSSR count). The first-order valence-corrected chi connectivity index (χ1v) is 13.9. The van der Waals surface area contributed by atoms with Gasteiger partial charge < -0.3 is 23.8 Å². The van der Waals surface area contributed by atoms with Crippen LogP contribution in [0.5, 0.6) is 11.5 Å². The van der Waals surface area contributed by atoms with Gasteiger partial charge in [0.15, 0.2) is 11.5 Å². The van der Waals surface area contributed by atoms with Gasteiger partial charge in [0.25, 0.3) is 0 Å². The van der Waals surface area contributed by atoms with Crippen molar-refractivity contribution in [1.82, 2.24) is 9.47 Å². The van der Waals surface area contributed by atoms with Crippen LogP contribution < -0.4 is 9.47 Å². The number of aromatic nitrogens is 1. The zero-order valence-electron chi connectivity index (χ0n) is 25.9. The van der Waals surface area contributed by atoms with E-state index in [4.69, 9.17) is 18.9 Å². The maximum Gasteiger partial charge on any atom is 0.419 e. The van der Waals surface area contributed by atoms with E-state index >= 15 is 0 Å². The second-order valence-corrected chi connectivity index (χ2v) is 12.4. The molecule has 2 heterocycles. The average molecular weight is 563 g/mol. The molecule has 1 amide bonds. The highest BCUT2D eigenvalue weighted by molar-refractivity contribution is 6.01. The molecule has 0 saturated heterocycles. The monoisotopic (exact) mass is 562 g/mol. The van der Waals surface area contributed by atoms with Crippen LogP contribution >= 0.6 is 0 Å². The van der Waals surface area contributed by atoms with E-state index in [0.717, 1.165) is 38.9 Å². The highest BCUT2D eigenvalue weighted by atomic mass is 16.6. The minimum atomic E-state index is -0.668. The first-order chi connectivity index (χ1) is 19.1. The molecule has 1 aliphatic rings. The maximum atomic E-state index is 13.7. The molecule has 220 valence electrons. The lowest BCUT2D eigenvalue weighted by Gasteiger charge is -2.30. The summed E-state index contributed by atoms with van der Waals surface area (Å²) in [6, 6.07) is 9.84. The molecule has 0 bridgehead atoms. The van der Waals surface area contributed by atoms with Gasteiger partial charge in [0, 0.05) is 24.0 Å². The van der Waals surface area contributed by atoms with Crippen molar-refractivity contribution in [1.29, 1.82) is 0 Å². The maximum absolute atomic E-state index is 13.7. The molecule has 0 spiro atoms. The van der Waals surface area contributed by atoms with Crippen LogP contribution in [0, 0.1) is 13.8 Å². The van der Waals surface area contributed by atoms with Gasteiger partial charge in [0.1, 0.15) is 11.2 Å². The summed E-state index contributed by atoms with van der Waals surface area (Å²) in [7, 11) is 3.19. The predicted molar refractivity (Wildman–Crippen MR) is 162 cm³/mol. The molecular weight excluding hydrogens is 520 g/mol. The quantitative estimate of drug-likeness (QED) is 0.323. The number of methoxy groups -OCH3 is 2. The number of carbonyl (C=O) groups excluding carboxylic acids is 2. The molecule has 8 nitrogen and oxygen atoms in total. The predicted octanol–water partition coefficient (Wildman–Crippen LogP) is 7.75. The Balaban J connectivity index is 1.83. The Hall–Kier alpha value is -3.94. The number of carbonyl (C=O) groups is 2. The molecule has 0 N–H and O–H groups in total. The molecule has 1 aliphatic heterocycles.